The number of sulfonamides is 1. The van der Waals surface area contributed by atoms with Crippen molar-refractivity contribution < 1.29 is 18.3 Å². The summed E-state index contributed by atoms with van der Waals surface area (Å²) in [5, 5.41) is 8.84. The molecule has 2 rings (SSSR count). The van der Waals surface area contributed by atoms with E-state index < -0.39 is 22.0 Å². The van der Waals surface area contributed by atoms with Gasteiger partial charge >= 0.3 is 5.97 Å². The highest BCUT2D eigenvalue weighted by Crippen LogP contribution is 2.24. The van der Waals surface area contributed by atoms with E-state index in [-0.39, 0.29) is 12.2 Å². The summed E-state index contributed by atoms with van der Waals surface area (Å²) in [7, 11) is -3.40. The molecule has 2 heterocycles. The van der Waals surface area contributed by atoms with Gasteiger partial charge in [0.25, 0.3) is 0 Å². The lowest BCUT2D eigenvalue weighted by atomic mass is 10.2. The van der Waals surface area contributed by atoms with Crippen molar-refractivity contribution in [1.29, 1.82) is 0 Å². The van der Waals surface area contributed by atoms with Crippen LogP contribution in [0.25, 0.3) is 0 Å². The van der Waals surface area contributed by atoms with Crippen LogP contribution in [0.1, 0.15) is 24.8 Å². The summed E-state index contributed by atoms with van der Waals surface area (Å²) < 4.78 is 26.0. The number of aryl methyl sites for hydroxylation is 1. The molecule has 1 aliphatic heterocycles. The number of nitrogens with zero attached hydrogens (tertiary/aromatic N) is 2. The van der Waals surface area contributed by atoms with Gasteiger partial charge in [0.1, 0.15) is 0 Å². The van der Waals surface area contributed by atoms with Crippen molar-refractivity contribution in [3.63, 3.8) is 0 Å². The summed E-state index contributed by atoms with van der Waals surface area (Å²) in [4.78, 5) is 14.7. The minimum atomic E-state index is -3.40. The molecular formula is C13H18N2O4S. The first kappa shape index (κ1) is 14.9. The Morgan fingerprint density at radius 1 is 1.40 bits per heavy atom. The Hall–Kier alpha value is -1.47. The summed E-state index contributed by atoms with van der Waals surface area (Å²) in [6, 6.07) is 3.18. The molecule has 1 aliphatic rings. The third kappa shape index (κ3) is 3.77. The minimum absolute atomic E-state index is 0.00708. The van der Waals surface area contributed by atoms with Crippen LogP contribution in [0.2, 0.25) is 0 Å². The zero-order chi connectivity index (χ0) is 14.6. The van der Waals surface area contributed by atoms with Gasteiger partial charge in [-0.05, 0) is 37.0 Å². The Bertz CT molecular complexity index is 559. The molecule has 1 aromatic rings. The lowest BCUT2D eigenvalue weighted by Crippen LogP contribution is -2.38. The van der Waals surface area contributed by atoms with Crippen LogP contribution >= 0.6 is 0 Å². The van der Waals surface area contributed by atoms with Gasteiger partial charge in [0.15, 0.2) is 0 Å². The van der Waals surface area contributed by atoms with Gasteiger partial charge in [-0.3, -0.25) is 9.78 Å². The first-order chi connectivity index (χ1) is 9.49. The normalized spacial score (nSPS) is 20.1. The van der Waals surface area contributed by atoms with Gasteiger partial charge < -0.3 is 5.11 Å². The molecule has 1 unspecified atom stereocenters. The predicted octanol–water partition coefficient (Wildman–Crippen LogP) is 0.893. The highest BCUT2D eigenvalue weighted by molar-refractivity contribution is 7.89. The van der Waals surface area contributed by atoms with E-state index in [0.717, 1.165) is 12.0 Å². The van der Waals surface area contributed by atoms with Crippen molar-refractivity contribution in [2.24, 2.45) is 0 Å². The number of rotatable bonds is 6. The van der Waals surface area contributed by atoms with Crippen molar-refractivity contribution in [1.82, 2.24) is 9.29 Å². The molecule has 1 saturated heterocycles. The fourth-order valence-electron chi connectivity index (χ4n) is 2.49. The average Bonchev–Trinajstić information content (AvgIpc) is 2.86. The Morgan fingerprint density at radius 3 is 2.75 bits per heavy atom. The molecule has 110 valence electrons. The summed E-state index contributed by atoms with van der Waals surface area (Å²) in [5.74, 6) is -0.945. The molecule has 0 aromatic carbocycles. The summed E-state index contributed by atoms with van der Waals surface area (Å²) in [6.07, 6.45) is 4.92. The van der Waals surface area contributed by atoms with Crippen molar-refractivity contribution >= 4 is 16.0 Å². The highest BCUT2D eigenvalue weighted by Gasteiger charge is 2.34. The van der Waals surface area contributed by atoms with E-state index in [9.17, 15) is 13.2 Å². The average molecular weight is 298 g/mol. The standard InChI is InChI=1S/C13H18N2O4S/c16-13(17)10-12-2-1-8-15(12)20(18,19)9-5-11-3-6-14-7-4-11/h3-4,6-7,12H,1-2,5,8-10H2,(H,16,17). The Morgan fingerprint density at radius 2 is 2.10 bits per heavy atom. The number of aromatic nitrogens is 1. The SMILES string of the molecule is O=C(O)CC1CCCN1S(=O)(=O)CCc1ccncc1. The maximum Gasteiger partial charge on any atom is 0.304 e. The molecule has 0 saturated carbocycles. The second-order valence-corrected chi connectivity index (χ2v) is 6.97. The Balaban J connectivity index is 2.00. The number of hydrogen-bond acceptors (Lipinski definition) is 4. The number of aliphatic carboxylic acids is 1. The molecule has 0 spiro atoms. The van der Waals surface area contributed by atoms with Crippen LogP contribution in [0.4, 0.5) is 0 Å². The first-order valence-corrected chi connectivity index (χ1v) is 8.20. The van der Waals surface area contributed by atoms with E-state index in [0.29, 0.717) is 19.4 Å². The Labute approximate surface area is 118 Å². The quantitative estimate of drug-likeness (QED) is 0.843. The van der Waals surface area contributed by atoms with Gasteiger partial charge in [-0.2, -0.15) is 4.31 Å². The van der Waals surface area contributed by atoms with Crippen LogP contribution < -0.4 is 0 Å². The lowest BCUT2D eigenvalue weighted by Gasteiger charge is -2.22. The van der Waals surface area contributed by atoms with E-state index >= 15 is 0 Å². The monoisotopic (exact) mass is 298 g/mol. The van der Waals surface area contributed by atoms with Gasteiger partial charge in [0.05, 0.1) is 12.2 Å². The van der Waals surface area contributed by atoms with Crippen LogP contribution in [0, 0.1) is 0 Å². The molecule has 20 heavy (non-hydrogen) atoms. The zero-order valence-corrected chi connectivity index (χ0v) is 11.9. The maximum atomic E-state index is 12.3. The second kappa shape index (κ2) is 6.32. The topological polar surface area (TPSA) is 87.6 Å². The summed E-state index contributed by atoms with van der Waals surface area (Å²) in [5.41, 5.74) is 0.914. The number of hydrogen-bond donors (Lipinski definition) is 1. The largest absolute Gasteiger partial charge is 0.481 e. The van der Waals surface area contributed by atoms with Crippen LogP contribution in [-0.4, -0.2) is 47.1 Å². The molecule has 6 nitrogen and oxygen atoms in total. The molecule has 0 aliphatic carbocycles. The third-order valence-electron chi connectivity index (χ3n) is 3.49. The van der Waals surface area contributed by atoms with Crippen molar-refractivity contribution in [3.8, 4) is 0 Å². The summed E-state index contributed by atoms with van der Waals surface area (Å²) in [6.45, 7) is 0.427. The van der Waals surface area contributed by atoms with Crippen LogP contribution in [0.5, 0.6) is 0 Å². The van der Waals surface area contributed by atoms with E-state index in [2.05, 4.69) is 4.98 Å². The highest BCUT2D eigenvalue weighted by atomic mass is 32.2. The molecule has 0 amide bonds. The van der Waals surface area contributed by atoms with Gasteiger partial charge in [0, 0.05) is 25.0 Å². The van der Waals surface area contributed by atoms with Crippen LogP contribution in [0.15, 0.2) is 24.5 Å². The van der Waals surface area contributed by atoms with Crippen LogP contribution in [-0.2, 0) is 21.2 Å². The second-order valence-electron chi connectivity index (χ2n) is 4.93. The van der Waals surface area contributed by atoms with Gasteiger partial charge in [-0.15, -0.1) is 0 Å². The predicted molar refractivity (Wildman–Crippen MR) is 73.7 cm³/mol. The van der Waals surface area contributed by atoms with Gasteiger partial charge in [0.2, 0.25) is 10.0 Å². The zero-order valence-electron chi connectivity index (χ0n) is 11.1. The number of carbonyl (C=O) groups is 1. The summed E-state index contributed by atoms with van der Waals surface area (Å²) >= 11 is 0. The van der Waals surface area contributed by atoms with Crippen molar-refractivity contribution in [2.45, 2.75) is 31.7 Å². The fraction of sp³-hybridized carbons (Fsp3) is 0.538. The molecule has 0 bridgehead atoms. The number of carboxylic acid groups (broad SMARTS) is 1. The molecule has 1 atom stereocenters. The van der Waals surface area contributed by atoms with E-state index in [1.165, 1.54) is 4.31 Å². The molecule has 7 heteroatoms. The fourth-order valence-corrected chi connectivity index (χ4v) is 4.26. The van der Waals surface area contributed by atoms with E-state index in [4.69, 9.17) is 5.11 Å². The van der Waals surface area contributed by atoms with Gasteiger partial charge in [-0.1, -0.05) is 0 Å². The number of carboxylic acids is 1. The number of pyridine rings is 1. The van der Waals surface area contributed by atoms with Crippen molar-refractivity contribution in [2.75, 3.05) is 12.3 Å². The smallest absolute Gasteiger partial charge is 0.304 e. The maximum absolute atomic E-state index is 12.3. The molecule has 0 radical (unpaired) electrons. The van der Waals surface area contributed by atoms with E-state index in [1.807, 2.05) is 0 Å². The molecule has 1 N–H and O–H groups in total. The molecule has 1 aromatic heterocycles. The third-order valence-corrected chi connectivity index (χ3v) is 5.40. The molecule has 1 fully saturated rings. The van der Waals surface area contributed by atoms with E-state index in [1.54, 1.807) is 24.5 Å². The Kier molecular flexibility index (Phi) is 4.72. The first-order valence-electron chi connectivity index (χ1n) is 6.59. The van der Waals surface area contributed by atoms with Gasteiger partial charge in [-0.25, -0.2) is 8.42 Å². The van der Waals surface area contributed by atoms with Crippen LogP contribution in [0.3, 0.4) is 0 Å². The molecular weight excluding hydrogens is 280 g/mol. The van der Waals surface area contributed by atoms with Crippen molar-refractivity contribution in [3.05, 3.63) is 30.1 Å². The lowest BCUT2D eigenvalue weighted by molar-refractivity contribution is -0.137. The minimum Gasteiger partial charge on any atom is -0.481 e.